The van der Waals surface area contributed by atoms with E-state index in [1.807, 2.05) is 43.6 Å². The van der Waals surface area contributed by atoms with Crippen molar-refractivity contribution in [1.82, 2.24) is 4.57 Å². The van der Waals surface area contributed by atoms with Crippen LogP contribution in [0.1, 0.15) is 36.8 Å². The molecule has 1 aromatic heterocycles. The number of carbonyl (C=O) groups excluding carboxylic acids is 2. The minimum Gasteiger partial charge on any atom is -0.502 e. The summed E-state index contributed by atoms with van der Waals surface area (Å²) in [6, 6.07) is 5.03. The number of aromatic nitrogens is 1. The molecule has 0 unspecified atom stereocenters. The lowest BCUT2D eigenvalue weighted by atomic mass is 10.1. The van der Waals surface area contributed by atoms with Gasteiger partial charge in [-0.15, -0.1) is 0 Å². The largest absolute Gasteiger partial charge is 0.502 e. The lowest BCUT2D eigenvalue weighted by Gasteiger charge is -2.07. The fourth-order valence-electron chi connectivity index (χ4n) is 2.72. The van der Waals surface area contributed by atoms with Crippen LogP contribution in [0.5, 0.6) is 5.75 Å². The Morgan fingerprint density at radius 2 is 1.90 bits per heavy atom. The van der Waals surface area contributed by atoms with E-state index in [0.717, 1.165) is 5.76 Å². The highest BCUT2D eigenvalue weighted by Gasteiger charge is 2.25. The van der Waals surface area contributed by atoms with Gasteiger partial charge in [-0.25, -0.2) is 4.79 Å². The number of ether oxygens (including phenoxy) is 2. The van der Waals surface area contributed by atoms with Crippen LogP contribution in [0.25, 0.3) is 10.9 Å². The average Bonchev–Trinajstić information content (AvgIpc) is 3.01. The topological polar surface area (TPSA) is 121 Å². The van der Waals surface area contributed by atoms with Crippen LogP contribution in [0.3, 0.4) is 0 Å². The number of carboxylic acids is 1. The molecular weight excluding hydrogens is 388 g/mol. The first-order valence-corrected chi connectivity index (χ1v) is 9.28. The Labute approximate surface area is 175 Å². The molecule has 2 aromatic rings. The average molecular weight is 416 g/mol. The molecule has 1 aromatic carbocycles. The number of allylic oxidation sites excluding steroid dienone is 4. The van der Waals surface area contributed by atoms with Crippen LogP contribution in [-0.2, 0) is 20.9 Å². The van der Waals surface area contributed by atoms with Crippen molar-refractivity contribution in [2.75, 3.05) is 13.7 Å². The standard InChI is InChI=1S/C17H18N2O5.C5H10O/c1-3-4-8-19-10(2)14(16(22)17(18)23)15-11(19)6-5-7-12(15)24-9-13(20)21;1-4-5(2)6-3/h3-7H,8-9H2,1-2H3,(H2,18,23)(H,20,21);4H,1-3H3/b4-3+;5-4+. The molecule has 0 saturated carbocycles. The predicted molar refractivity (Wildman–Crippen MR) is 115 cm³/mol. The Balaban J connectivity index is 0.000000656. The van der Waals surface area contributed by atoms with Crippen LogP contribution < -0.4 is 10.5 Å². The number of methoxy groups -OCH3 is 1. The molecule has 1 heterocycles. The number of nitrogens with zero attached hydrogens (tertiary/aromatic N) is 1. The second-order valence-corrected chi connectivity index (χ2v) is 6.27. The number of carbonyl (C=O) groups is 3. The summed E-state index contributed by atoms with van der Waals surface area (Å²) in [7, 11) is 1.66. The van der Waals surface area contributed by atoms with Gasteiger partial charge in [-0.1, -0.05) is 24.3 Å². The maximum atomic E-state index is 12.3. The molecule has 0 aliphatic rings. The van der Waals surface area contributed by atoms with Crippen molar-refractivity contribution in [1.29, 1.82) is 0 Å². The highest BCUT2D eigenvalue weighted by molar-refractivity contribution is 6.45. The Morgan fingerprint density at radius 3 is 2.37 bits per heavy atom. The normalized spacial score (nSPS) is 11.2. The monoisotopic (exact) mass is 416 g/mol. The number of hydrogen-bond donors (Lipinski definition) is 2. The second-order valence-electron chi connectivity index (χ2n) is 6.27. The number of benzene rings is 1. The smallest absolute Gasteiger partial charge is 0.341 e. The van der Waals surface area contributed by atoms with Crippen molar-refractivity contribution in [2.24, 2.45) is 5.73 Å². The Kier molecular flexibility index (Phi) is 9.35. The number of fused-ring (bicyclic) bond motifs is 1. The maximum absolute atomic E-state index is 12.3. The van der Waals surface area contributed by atoms with Crippen LogP contribution in [0.2, 0.25) is 0 Å². The van der Waals surface area contributed by atoms with Gasteiger partial charge in [0.2, 0.25) is 0 Å². The van der Waals surface area contributed by atoms with Gasteiger partial charge in [0.25, 0.3) is 11.7 Å². The summed E-state index contributed by atoms with van der Waals surface area (Å²) in [6.07, 6.45) is 5.68. The van der Waals surface area contributed by atoms with Gasteiger partial charge in [-0.3, -0.25) is 9.59 Å². The zero-order valence-corrected chi connectivity index (χ0v) is 17.9. The number of Topliss-reactive ketones (excluding diaryl/α,β-unsaturated/α-hetero) is 1. The van der Waals surface area contributed by atoms with Gasteiger partial charge < -0.3 is 24.9 Å². The first-order chi connectivity index (χ1) is 14.2. The van der Waals surface area contributed by atoms with Gasteiger partial charge in [-0.2, -0.15) is 0 Å². The molecule has 0 bridgehead atoms. The van der Waals surface area contributed by atoms with Crippen molar-refractivity contribution < 1.29 is 29.0 Å². The molecule has 3 N–H and O–H groups in total. The summed E-state index contributed by atoms with van der Waals surface area (Å²) in [5, 5.41) is 9.20. The molecule has 1 amide bonds. The van der Waals surface area contributed by atoms with E-state index < -0.39 is 24.3 Å². The van der Waals surface area contributed by atoms with Gasteiger partial charge in [0.05, 0.1) is 29.3 Å². The van der Waals surface area contributed by atoms with E-state index in [1.165, 1.54) is 0 Å². The third-order valence-corrected chi connectivity index (χ3v) is 4.37. The molecule has 8 heteroatoms. The third-order valence-electron chi connectivity index (χ3n) is 4.37. The van der Waals surface area contributed by atoms with Crippen molar-refractivity contribution in [3.8, 4) is 5.75 Å². The number of hydrogen-bond acceptors (Lipinski definition) is 5. The Hall–Kier alpha value is -3.55. The van der Waals surface area contributed by atoms with Crippen molar-refractivity contribution >= 4 is 28.6 Å². The molecule has 0 fully saturated rings. The molecule has 2 rings (SSSR count). The van der Waals surface area contributed by atoms with Gasteiger partial charge in [0.15, 0.2) is 6.61 Å². The molecule has 0 saturated heterocycles. The summed E-state index contributed by atoms with van der Waals surface area (Å²) >= 11 is 0. The van der Waals surface area contributed by atoms with Crippen LogP contribution in [0, 0.1) is 6.92 Å². The number of rotatable bonds is 8. The lowest BCUT2D eigenvalue weighted by Crippen LogP contribution is -2.24. The summed E-state index contributed by atoms with van der Waals surface area (Å²) in [5.41, 5.74) is 6.54. The Morgan fingerprint density at radius 1 is 1.23 bits per heavy atom. The van der Waals surface area contributed by atoms with Crippen LogP contribution >= 0.6 is 0 Å². The first-order valence-electron chi connectivity index (χ1n) is 9.28. The molecule has 30 heavy (non-hydrogen) atoms. The van der Waals surface area contributed by atoms with E-state index >= 15 is 0 Å². The number of aliphatic carboxylic acids is 1. The minimum absolute atomic E-state index is 0.142. The Bertz CT molecular complexity index is 985. The highest BCUT2D eigenvalue weighted by Crippen LogP contribution is 2.34. The van der Waals surface area contributed by atoms with E-state index in [4.69, 9.17) is 20.3 Å². The fraction of sp³-hybridized carbons (Fsp3) is 0.318. The number of carboxylic acid groups (broad SMARTS) is 1. The predicted octanol–water partition coefficient (Wildman–Crippen LogP) is 3.21. The van der Waals surface area contributed by atoms with Crippen LogP contribution in [0.4, 0.5) is 0 Å². The highest BCUT2D eigenvalue weighted by atomic mass is 16.5. The molecule has 0 aliphatic carbocycles. The van der Waals surface area contributed by atoms with E-state index in [2.05, 4.69) is 0 Å². The van der Waals surface area contributed by atoms with E-state index in [0.29, 0.717) is 23.1 Å². The lowest BCUT2D eigenvalue weighted by molar-refractivity contribution is -0.139. The summed E-state index contributed by atoms with van der Waals surface area (Å²) in [4.78, 5) is 34.5. The molecule has 0 radical (unpaired) electrons. The summed E-state index contributed by atoms with van der Waals surface area (Å²) in [5.74, 6) is -1.85. The van der Waals surface area contributed by atoms with E-state index in [-0.39, 0.29) is 11.3 Å². The van der Waals surface area contributed by atoms with Gasteiger partial charge in [0, 0.05) is 12.2 Å². The van der Waals surface area contributed by atoms with Crippen molar-refractivity contribution in [2.45, 2.75) is 34.2 Å². The number of primary amides is 1. The molecule has 0 atom stereocenters. The second kappa shape index (κ2) is 11.5. The number of amides is 1. The number of ketones is 1. The SMILES string of the molecule is C/C=C(\C)OC.C/C=C/Cn1c(C)c(C(=O)C(N)=O)c2c(OCC(=O)O)cccc21. The number of nitrogens with two attached hydrogens (primary N) is 1. The maximum Gasteiger partial charge on any atom is 0.341 e. The third kappa shape index (κ3) is 5.97. The zero-order valence-electron chi connectivity index (χ0n) is 17.9. The van der Waals surface area contributed by atoms with Crippen molar-refractivity contribution in [3.63, 3.8) is 0 Å². The summed E-state index contributed by atoms with van der Waals surface area (Å²) < 4.78 is 11.9. The van der Waals surface area contributed by atoms with E-state index in [1.54, 1.807) is 32.2 Å². The molecule has 162 valence electrons. The van der Waals surface area contributed by atoms with Gasteiger partial charge in [-0.05, 0) is 39.8 Å². The van der Waals surface area contributed by atoms with Crippen LogP contribution in [0.15, 0.2) is 42.2 Å². The minimum atomic E-state index is -1.14. The van der Waals surface area contributed by atoms with Gasteiger partial charge in [0.1, 0.15) is 5.75 Å². The van der Waals surface area contributed by atoms with Gasteiger partial charge >= 0.3 is 5.97 Å². The molecule has 0 aliphatic heterocycles. The quantitative estimate of drug-likeness (QED) is 0.295. The molecular formula is C22H28N2O6. The molecule has 0 spiro atoms. The van der Waals surface area contributed by atoms with E-state index in [9.17, 15) is 14.4 Å². The van der Waals surface area contributed by atoms with Crippen LogP contribution in [-0.4, -0.2) is 41.1 Å². The molecule has 8 nitrogen and oxygen atoms in total. The van der Waals surface area contributed by atoms with Crippen molar-refractivity contribution in [3.05, 3.63) is 53.4 Å². The summed E-state index contributed by atoms with van der Waals surface area (Å²) in [6.45, 7) is 7.38. The fourth-order valence-corrected chi connectivity index (χ4v) is 2.72. The zero-order chi connectivity index (χ0) is 22.8. The first kappa shape index (κ1) is 24.5.